The molecule has 0 spiro atoms. The Kier molecular flexibility index (Phi) is 6.45. The van der Waals surface area contributed by atoms with Crippen LogP contribution in [-0.4, -0.2) is 51.3 Å². The molecule has 1 atom stereocenters. The Hall–Kier alpha value is -0.120. The lowest BCUT2D eigenvalue weighted by Crippen LogP contribution is -2.43. The zero-order valence-corrected chi connectivity index (χ0v) is 12.1. The molecule has 1 saturated heterocycles. The third-order valence-corrected chi connectivity index (χ3v) is 4.20. The molecule has 3 heteroatoms. The van der Waals surface area contributed by atoms with Gasteiger partial charge < -0.3 is 15.0 Å². The fourth-order valence-corrected chi connectivity index (χ4v) is 2.93. The van der Waals surface area contributed by atoms with Crippen molar-refractivity contribution in [2.75, 3.05) is 40.3 Å². The van der Waals surface area contributed by atoms with Crippen molar-refractivity contribution in [1.82, 2.24) is 10.2 Å². The Labute approximate surface area is 107 Å². The maximum Gasteiger partial charge on any atom is 0.0702 e. The van der Waals surface area contributed by atoms with Crippen LogP contribution in [0.3, 0.4) is 0 Å². The van der Waals surface area contributed by atoms with Crippen LogP contribution in [0.1, 0.15) is 39.5 Å². The van der Waals surface area contributed by atoms with Gasteiger partial charge in [0, 0.05) is 26.2 Å². The number of hydrogen-bond acceptors (Lipinski definition) is 3. The van der Waals surface area contributed by atoms with Gasteiger partial charge in [0.25, 0.3) is 0 Å². The van der Waals surface area contributed by atoms with E-state index in [9.17, 15) is 0 Å². The van der Waals surface area contributed by atoms with Crippen molar-refractivity contribution in [2.45, 2.75) is 45.6 Å². The van der Waals surface area contributed by atoms with Crippen LogP contribution in [0, 0.1) is 5.41 Å². The van der Waals surface area contributed by atoms with E-state index < -0.39 is 0 Å². The molecule has 0 bridgehead atoms. The normalized spacial score (nSPS) is 21.4. The summed E-state index contributed by atoms with van der Waals surface area (Å²) in [5.74, 6) is 0. The monoisotopic (exact) mass is 242 g/mol. The van der Waals surface area contributed by atoms with Crippen LogP contribution in [0.5, 0.6) is 0 Å². The largest absolute Gasteiger partial charge is 0.377 e. The van der Waals surface area contributed by atoms with E-state index in [1.807, 2.05) is 0 Å². The Morgan fingerprint density at radius 3 is 2.53 bits per heavy atom. The zero-order valence-electron chi connectivity index (χ0n) is 12.1. The average Bonchev–Trinajstić information content (AvgIpc) is 2.81. The number of nitrogens with zero attached hydrogens (tertiary/aromatic N) is 1. The highest BCUT2D eigenvalue weighted by molar-refractivity contribution is 4.82. The SMILES string of the molecule is CCC(CC)(CNC)CN(C)CC1CCCO1. The molecule has 0 aliphatic carbocycles. The quantitative estimate of drug-likeness (QED) is 0.705. The maximum atomic E-state index is 5.71. The van der Waals surface area contributed by atoms with Crippen molar-refractivity contribution in [3.8, 4) is 0 Å². The Morgan fingerprint density at radius 2 is 2.06 bits per heavy atom. The first-order valence-corrected chi connectivity index (χ1v) is 7.10. The highest BCUT2D eigenvalue weighted by Crippen LogP contribution is 2.27. The molecule has 0 radical (unpaired) electrons. The van der Waals surface area contributed by atoms with Crippen LogP contribution in [0.2, 0.25) is 0 Å². The lowest BCUT2D eigenvalue weighted by atomic mass is 9.81. The van der Waals surface area contributed by atoms with Gasteiger partial charge in [-0.25, -0.2) is 0 Å². The number of likely N-dealkylation sites (N-methyl/N-ethyl adjacent to an activating group) is 1. The van der Waals surface area contributed by atoms with Crippen molar-refractivity contribution in [1.29, 1.82) is 0 Å². The van der Waals surface area contributed by atoms with Gasteiger partial charge in [0.15, 0.2) is 0 Å². The number of hydrogen-bond donors (Lipinski definition) is 1. The first kappa shape index (κ1) is 14.9. The highest BCUT2D eigenvalue weighted by atomic mass is 16.5. The summed E-state index contributed by atoms with van der Waals surface area (Å²) in [5.41, 5.74) is 0.419. The standard InChI is InChI=1S/C14H30N2O/c1-5-14(6-2,11-15-3)12-16(4)10-13-8-7-9-17-13/h13,15H,5-12H2,1-4H3. The van der Waals surface area contributed by atoms with Crippen LogP contribution in [0.4, 0.5) is 0 Å². The van der Waals surface area contributed by atoms with E-state index in [4.69, 9.17) is 4.74 Å². The molecule has 0 amide bonds. The molecule has 0 saturated carbocycles. The van der Waals surface area contributed by atoms with E-state index in [0.29, 0.717) is 11.5 Å². The Morgan fingerprint density at radius 1 is 1.35 bits per heavy atom. The minimum absolute atomic E-state index is 0.419. The number of ether oxygens (including phenoxy) is 1. The fourth-order valence-electron chi connectivity index (χ4n) is 2.93. The third kappa shape index (κ3) is 4.57. The molecule has 3 nitrogen and oxygen atoms in total. The molecule has 0 aromatic carbocycles. The summed E-state index contributed by atoms with van der Waals surface area (Å²) in [4.78, 5) is 2.46. The molecular formula is C14H30N2O. The second-order valence-electron chi connectivity index (χ2n) is 5.57. The zero-order chi connectivity index (χ0) is 12.7. The highest BCUT2D eigenvalue weighted by Gasteiger charge is 2.28. The van der Waals surface area contributed by atoms with Gasteiger partial charge in [-0.2, -0.15) is 0 Å². The summed E-state index contributed by atoms with van der Waals surface area (Å²) in [6.45, 7) is 8.94. The first-order chi connectivity index (χ1) is 8.15. The molecule has 0 aromatic heterocycles. The molecule has 17 heavy (non-hydrogen) atoms. The maximum absolute atomic E-state index is 5.71. The van der Waals surface area contributed by atoms with Gasteiger partial charge in [0.1, 0.15) is 0 Å². The summed E-state index contributed by atoms with van der Waals surface area (Å²) < 4.78 is 5.71. The molecule has 102 valence electrons. The molecule has 1 rings (SSSR count). The second kappa shape index (κ2) is 7.34. The second-order valence-corrected chi connectivity index (χ2v) is 5.57. The van der Waals surface area contributed by atoms with E-state index in [2.05, 4.69) is 38.2 Å². The predicted octanol–water partition coefficient (Wildman–Crippen LogP) is 2.12. The molecular weight excluding hydrogens is 212 g/mol. The van der Waals surface area contributed by atoms with Gasteiger partial charge in [-0.3, -0.25) is 0 Å². The minimum Gasteiger partial charge on any atom is -0.377 e. The smallest absolute Gasteiger partial charge is 0.0702 e. The Balaban J connectivity index is 2.41. The minimum atomic E-state index is 0.419. The van der Waals surface area contributed by atoms with Gasteiger partial charge in [-0.1, -0.05) is 13.8 Å². The average molecular weight is 242 g/mol. The number of nitrogens with one attached hydrogen (secondary N) is 1. The molecule has 1 aliphatic heterocycles. The van der Waals surface area contributed by atoms with Crippen LogP contribution in [0.15, 0.2) is 0 Å². The van der Waals surface area contributed by atoms with Crippen LogP contribution in [0.25, 0.3) is 0 Å². The molecule has 1 N–H and O–H groups in total. The van der Waals surface area contributed by atoms with Crippen molar-refractivity contribution < 1.29 is 4.74 Å². The van der Waals surface area contributed by atoms with E-state index in [-0.39, 0.29) is 0 Å². The Bertz CT molecular complexity index is 198. The van der Waals surface area contributed by atoms with Gasteiger partial charge in [-0.05, 0) is 45.2 Å². The van der Waals surface area contributed by atoms with Gasteiger partial charge in [0.2, 0.25) is 0 Å². The lowest BCUT2D eigenvalue weighted by molar-refractivity contribution is 0.0624. The first-order valence-electron chi connectivity index (χ1n) is 7.10. The van der Waals surface area contributed by atoms with E-state index in [1.165, 1.54) is 32.2 Å². The van der Waals surface area contributed by atoms with Crippen LogP contribution < -0.4 is 5.32 Å². The summed E-state index contributed by atoms with van der Waals surface area (Å²) >= 11 is 0. The van der Waals surface area contributed by atoms with Crippen LogP contribution >= 0.6 is 0 Å². The van der Waals surface area contributed by atoms with Crippen LogP contribution in [-0.2, 0) is 4.74 Å². The number of rotatable bonds is 8. The topological polar surface area (TPSA) is 24.5 Å². The summed E-state index contributed by atoms with van der Waals surface area (Å²) in [6, 6.07) is 0. The summed E-state index contributed by atoms with van der Waals surface area (Å²) in [6.07, 6.45) is 5.42. The summed E-state index contributed by atoms with van der Waals surface area (Å²) in [7, 11) is 4.29. The van der Waals surface area contributed by atoms with Gasteiger partial charge >= 0.3 is 0 Å². The van der Waals surface area contributed by atoms with E-state index in [0.717, 1.165) is 19.7 Å². The fraction of sp³-hybridized carbons (Fsp3) is 1.00. The predicted molar refractivity (Wildman–Crippen MR) is 73.4 cm³/mol. The van der Waals surface area contributed by atoms with E-state index in [1.54, 1.807) is 0 Å². The van der Waals surface area contributed by atoms with Gasteiger partial charge in [-0.15, -0.1) is 0 Å². The molecule has 1 fully saturated rings. The van der Waals surface area contributed by atoms with Crippen molar-refractivity contribution in [3.05, 3.63) is 0 Å². The molecule has 1 unspecified atom stereocenters. The van der Waals surface area contributed by atoms with E-state index >= 15 is 0 Å². The van der Waals surface area contributed by atoms with Crippen molar-refractivity contribution >= 4 is 0 Å². The molecule has 1 aliphatic rings. The molecule has 1 heterocycles. The molecule has 0 aromatic rings. The van der Waals surface area contributed by atoms with Gasteiger partial charge in [0.05, 0.1) is 6.10 Å². The van der Waals surface area contributed by atoms with Crippen molar-refractivity contribution in [3.63, 3.8) is 0 Å². The van der Waals surface area contributed by atoms with Crippen molar-refractivity contribution in [2.24, 2.45) is 5.41 Å². The third-order valence-electron chi connectivity index (χ3n) is 4.20. The lowest BCUT2D eigenvalue weighted by Gasteiger charge is -2.36. The summed E-state index contributed by atoms with van der Waals surface area (Å²) in [5, 5.41) is 3.35.